The van der Waals surface area contributed by atoms with Crippen molar-refractivity contribution in [2.24, 2.45) is 0 Å². The first-order valence-electron chi connectivity index (χ1n) is 14.4. The van der Waals surface area contributed by atoms with Crippen LogP contribution >= 0.6 is 0 Å². The van der Waals surface area contributed by atoms with Crippen LogP contribution in [0.2, 0.25) is 0 Å². The number of carboxylic acids is 3. The standard InChI is InChI=1S/C29H53NO6/c1-5-9-10-11-12-13-14-15-16-17-18-19-23-30(24(20-6-2)27(31)32,25(21-7-3)28(33)34)26(22-8-4)29(35)36/h18-19,24-26H,5-17,20-23H2,1-4H3,(H2-,31,32,33,34,35,36)/b19-18+. The van der Waals surface area contributed by atoms with Crippen LogP contribution in [0.1, 0.15) is 130 Å². The molecular weight excluding hydrogens is 458 g/mol. The molecular formula is C29H53NO6. The number of carbonyl (C=O) groups is 3. The summed E-state index contributed by atoms with van der Waals surface area (Å²) in [4.78, 5) is 37.3. The molecule has 0 aliphatic heterocycles. The van der Waals surface area contributed by atoms with Crippen molar-refractivity contribution in [2.45, 2.75) is 149 Å². The average Bonchev–Trinajstić information content (AvgIpc) is 2.83. The molecule has 0 aromatic heterocycles. The number of rotatable bonds is 24. The van der Waals surface area contributed by atoms with Crippen molar-refractivity contribution in [1.82, 2.24) is 0 Å². The summed E-state index contributed by atoms with van der Waals surface area (Å²) in [5, 5.41) is 32.7. The smallest absolute Gasteiger partial charge is 0.362 e. The van der Waals surface area contributed by atoms with Gasteiger partial charge in [0.05, 0.1) is 12.5 Å². The van der Waals surface area contributed by atoms with Crippen LogP contribution < -0.4 is 5.11 Å². The van der Waals surface area contributed by atoms with Crippen molar-refractivity contribution < 1.29 is 34.2 Å². The third-order valence-corrected chi connectivity index (χ3v) is 7.33. The van der Waals surface area contributed by atoms with Crippen molar-refractivity contribution in [3.05, 3.63) is 12.2 Å². The minimum absolute atomic E-state index is 0.0595. The van der Waals surface area contributed by atoms with Crippen LogP contribution in [0.5, 0.6) is 0 Å². The Hall–Kier alpha value is -1.89. The van der Waals surface area contributed by atoms with Gasteiger partial charge in [-0.15, -0.1) is 0 Å². The highest BCUT2D eigenvalue weighted by molar-refractivity contribution is 5.77. The lowest BCUT2D eigenvalue weighted by atomic mass is 9.92. The fourth-order valence-electron chi connectivity index (χ4n) is 5.49. The summed E-state index contributed by atoms with van der Waals surface area (Å²) in [5.41, 5.74) is 0. The third-order valence-electron chi connectivity index (χ3n) is 7.33. The maximum atomic E-state index is 12.5. The van der Waals surface area contributed by atoms with Crippen molar-refractivity contribution >= 4 is 17.9 Å². The summed E-state index contributed by atoms with van der Waals surface area (Å²) in [6, 6.07) is -3.46. The zero-order valence-corrected chi connectivity index (χ0v) is 23.4. The Balaban J connectivity index is 5.72. The van der Waals surface area contributed by atoms with Crippen LogP contribution in [0, 0.1) is 0 Å². The normalized spacial score (nSPS) is 15.9. The number of carbonyl (C=O) groups excluding carboxylic acids is 1. The van der Waals surface area contributed by atoms with Crippen molar-refractivity contribution in [3.63, 3.8) is 0 Å². The molecule has 3 unspecified atom stereocenters. The Kier molecular flexibility index (Phi) is 19.1. The first-order chi connectivity index (χ1) is 17.2. The molecule has 0 aliphatic rings. The topological polar surface area (TPSA) is 115 Å². The number of unbranched alkanes of at least 4 members (excludes halogenated alkanes) is 9. The van der Waals surface area contributed by atoms with E-state index in [1.54, 1.807) is 0 Å². The molecule has 7 nitrogen and oxygen atoms in total. The quantitative estimate of drug-likeness (QED) is 0.0975. The van der Waals surface area contributed by atoms with Crippen LogP contribution in [0.3, 0.4) is 0 Å². The molecule has 0 saturated heterocycles. The van der Waals surface area contributed by atoms with Gasteiger partial charge in [-0.2, -0.15) is 0 Å². The lowest BCUT2D eigenvalue weighted by molar-refractivity contribution is -0.970. The van der Waals surface area contributed by atoms with E-state index in [1.807, 2.05) is 32.9 Å². The first kappa shape index (κ1) is 34.1. The first-order valence-corrected chi connectivity index (χ1v) is 14.4. The molecule has 36 heavy (non-hydrogen) atoms. The van der Waals surface area contributed by atoms with Crippen LogP contribution in [0.25, 0.3) is 0 Å². The van der Waals surface area contributed by atoms with Gasteiger partial charge in [-0.25, -0.2) is 9.59 Å². The number of aliphatic carboxylic acids is 3. The lowest BCUT2D eigenvalue weighted by Gasteiger charge is -2.51. The number of hydrogen-bond donors (Lipinski definition) is 2. The van der Waals surface area contributed by atoms with Gasteiger partial charge in [0.1, 0.15) is 6.04 Å². The van der Waals surface area contributed by atoms with Crippen LogP contribution in [-0.4, -0.2) is 57.3 Å². The lowest BCUT2D eigenvalue weighted by Crippen LogP contribution is -2.73. The van der Waals surface area contributed by atoms with Gasteiger partial charge in [0, 0.05) is 19.3 Å². The van der Waals surface area contributed by atoms with Gasteiger partial charge >= 0.3 is 11.9 Å². The van der Waals surface area contributed by atoms with E-state index in [-0.39, 0.29) is 25.8 Å². The molecule has 0 spiro atoms. The van der Waals surface area contributed by atoms with Gasteiger partial charge in [0.25, 0.3) is 0 Å². The molecule has 0 rings (SSSR count). The highest BCUT2D eigenvalue weighted by Crippen LogP contribution is 2.33. The van der Waals surface area contributed by atoms with E-state index in [0.29, 0.717) is 19.3 Å². The van der Waals surface area contributed by atoms with E-state index in [0.717, 1.165) is 19.3 Å². The Morgan fingerprint density at radius 2 is 1.06 bits per heavy atom. The van der Waals surface area contributed by atoms with Crippen molar-refractivity contribution in [1.29, 1.82) is 0 Å². The Morgan fingerprint density at radius 1 is 0.639 bits per heavy atom. The summed E-state index contributed by atoms with van der Waals surface area (Å²) in [7, 11) is 0. The highest BCUT2D eigenvalue weighted by Gasteiger charge is 2.54. The van der Waals surface area contributed by atoms with Gasteiger partial charge in [-0.1, -0.05) is 91.6 Å². The monoisotopic (exact) mass is 511 g/mol. The van der Waals surface area contributed by atoms with Gasteiger partial charge in [0.2, 0.25) is 0 Å². The fraction of sp³-hybridized carbons (Fsp3) is 0.828. The van der Waals surface area contributed by atoms with Crippen molar-refractivity contribution in [2.75, 3.05) is 6.54 Å². The number of allylic oxidation sites excluding steroid dienone is 1. The average molecular weight is 512 g/mol. The maximum absolute atomic E-state index is 12.5. The summed E-state index contributed by atoms with van der Waals surface area (Å²) in [6.45, 7) is 7.79. The van der Waals surface area contributed by atoms with E-state index in [2.05, 4.69) is 6.92 Å². The molecule has 0 aromatic rings. The molecule has 0 aromatic carbocycles. The number of hydrogen-bond acceptors (Lipinski definition) is 4. The predicted molar refractivity (Wildman–Crippen MR) is 142 cm³/mol. The Bertz CT molecular complexity index is 588. The maximum Gasteiger partial charge on any atom is 0.362 e. The van der Waals surface area contributed by atoms with Gasteiger partial charge < -0.3 is 20.1 Å². The van der Waals surface area contributed by atoms with E-state index >= 15 is 0 Å². The Morgan fingerprint density at radius 3 is 1.44 bits per heavy atom. The SMILES string of the molecule is CCCCCCCCCCC/C=C/C[N+](C(CCC)C(=O)[O-])(C(CCC)C(=O)O)C(CCC)C(=O)O. The second-order valence-electron chi connectivity index (χ2n) is 10.2. The summed E-state index contributed by atoms with van der Waals surface area (Å²) in [6.07, 6.45) is 17.8. The molecule has 0 bridgehead atoms. The van der Waals surface area contributed by atoms with E-state index in [4.69, 9.17) is 0 Å². The molecule has 0 fully saturated rings. The largest absolute Gasteiger partial charge is 0.544 e. The van der Waals surface area contributed by atoms with Crippen LogP contribution in [-0.2, 0) is 14.4 Å². The molecule has 0 radical (unpaired) electrons. The zero-order valence-electron chi connectivity index (χ0n) is 23.4. The molecule has 0 amide bonds. The molecule has 3 atom stereocenters. The Labute approximate surface area is 219 Å². The zero-order chi connectivity index (χ0) is 27.4. The van der Waals surface area contributed by atoms with Crippen LogP contribution in [0.4, 0.5) is 0 Å². The van der Waals surface area contributed by atoms with Crippen LogP contribution in [0.15, 0.2) is 12.2 Å². The fourth-order valence-corrected chi connectivity index (χ4v) is 5.49. The minimum atomic E-state index is -1.37. The second kappa shape index (κ2) is 20.2. The summed E-state index contributed by atoms with van der Waals surface area (Å²) >= 11 is 0. The highest BCUT2D eigenvalue weighted by atomic mass is 16.4. The number of carboxylic acid groups (broad SMARTS) is 3. The van der Waals surface area contributed by atoms with Gasteiger partial charge in [0.15, 0.2) is 12.1 Å². The van der Waals surface area contributed by atoms with E-state index < -0.39 is 40.5 Å². The minimum Gasteiger partial charge on any atom is -0.544 e. The predicted octanol–water partition coefficient (Wildman–Crippen LogP) is 5.71. The molecule has 2 N–H and O–H groups in total. The molecule has 0 saturated carbocycles. The van der Waals surface area contributed by atoms with E-state index in [9.17, 15) is 29.7 Å². The van der Waals surface area contributed by atoms with E-state index in [1.165, 1.54) is 44.9 Å². The van der Waals surface area contributed by atoms with Gasteiger partial charge in [-0.05, 0) is 31.8 Å². The molecule has 0 aliphatic carbocycles. The second-order valence-corrected chi connectivity index (χ2v) is 10.2. The third kappa shape index (κ3) is 11.4. The number of quaternary nitrogens is 1. The van der Waals surface area contributed by atoms with Crippen molar-refractivity contribution in [3.8, 4) is 0 Å². The van der Waals surface area contributed by atoms with Gasteiger partial charge in [-0.3, -0.25) is 4.48 Å². The molecule has 0 heterocycles. The molecule has 210 valence electrons. The number of nitrogens with zero attached hydrogens (tertiary/aromatic N) is 1. The summed E-state index contributed by atoms with van der Waals surface area (Å²) < 4.78 is -0.517. The summed E-state index contributed by atoms with van der Waals surface area (Å²) in [5.74, 6) is -3.66. The molecule has 7 heteroatoms.